The highest BCUT2D eigenvalue weighted by atomic mass is 16.9. The number of hydrogen-bond donors (Lipinski definition) is 2. The van der Waals surface area contributed by atoms with Crippen LogP contribution in [0.15, 0.2) is 24.3 Å². The average molecular weight is 312 g/mol. The monoisotopic (exact) mass is 312 g/mol. The van der Waals surface area contributed by atoms with Crippen LogP contribution < -0.4 is 10.5 Å². The van der Waals surface area contributed by atoms with Crippen LogP contribution in [0.2, 0.25) is 0 Å². The van der Waals surface area contributed by atoms with Crippen molar-refractivity contribution in [2.75, 3.05) is 6.61 Å². The number of esters is 1. The zero-order valence-electron chi connectivity index (χ0n) is 11.6. The number of rotatable bonds is 9. The van der Waals surface area contributed by atoms with Gasteiger partial charge in [-0.2, -0.15) is 0 Å². The van der Waals surface area contributed by atoms with Gasteiger partial charge in [-0.15, -0.1) is 10.1 Å². The molecule has 0 fully saturated rings. The lowest BCUT2D eigenvalue weighted by molar-refractivity contribution is -0.757. The molecule has 0 spiro atoms. The van der Waals surface area contributed by atoms with Crippen molar-refractivity contribution in [1.29, 1.82) is 0 Å². The molecule has 120 valence electrons. The Labute approximate surface area is 125 Å². The lowest BCUT2D eigenvalue weighted by Crippen LogP contribution is -2.34. The van der Waals surface area contributed by atoms with E-state index in [1.165, 1.54) is 12.1 Å². The molecule has 1 aromatic rings. The highest BCUT2D eigenvalue weighted by Gasteiger charge is 2.17. The number of carbonyl (C=O) groups is 2. The van der Waals surface area contributed by atoms with Crippen molar-refractivity contribution in [2.24, 2.45) is 5.73 Å². The predicted octanol–water partition coefficient (Wildman–Crippen LogP) is 0.535. The van der Waals surface area contributed by atoms with Gasteiger partial charge < -0.3 is 20.4 Å². The second kappa shape index (κ2) is 8.57. The first-order valence-electron chi connectivity index (χ1n) is 6.44. The molecule has 1 atom stereocenters. The van der Waals surface area contributed by atoms with Crippen LogP contribution in [0.25, 0.3) is 0 Å². The zero-order valence-corrected chi connectivity index (χ0v) is 11.6. The van der Waals surface area contributed by atoms with E-state index in [0.29, 0.717) is 6.42 Å². The predicted molar refractivity (Wildman–Crippen MR) is 73.6 cm³/mol. The van der Waals surface area contributed by atoms with Crippen LogP contribution in [-0.2, 0) is 20.8 Å². The first-order valence-corrected chi connectivity index (χ1v) is 6.44. The maximum atomic E-state index is 11.6. The van der Waals surface area contributed by atoms with Gasteiger partial charge in [0.1, 0.15) is 18.4 Å². The molecule has 0 aromatic heterocycles. The summed E-state index contributed by atoms with van der Waals surface area (Å²) in [4.78, 5) is 36.2. The van der Waals surface area contributed by atoms with E-state index in [1.54, 1.807) is 12.1 Å². The van der Waals surface area contributed by atoms with E-state index < -0.39 is 23.1 Å². The molecule has 0 saturated carbocycles. The van der Waals surface area contributed by atoms with E-state index >= 15 is 0 Å². The molecule has 0 heterocycles. The lowest BCUT2D eigenvalue weighted by Gasteiger charge is -2.10. The summed E-state index contributed by atoms with van der Waals surface area (Å²) in [6.45, 7) is -0.0633. The molecule has 9 heteroatoms. The summed E-state index contributed by atoms with van der Waals surface area (Å²) in [7, 11) is 0. The number of carboxylic acid groups (broad SMARTS) is 1. The third kappa shape index (κ3) is 6.66. The van der Waals surface area contributed by atoms with Gasteiger partial charge in [0.15, 0.2) is 0 Å². The fourth-order valence-electron chi connectivity index (χ4n) is 1.55. The van der Waals surface area contributed by atoms with Gasteiger partial charge in [0.05, 0.1) is 0 Å². The van der Waals surface area contributed by atoms with E-state index in [0.717, 1.165) is 5.56 Å². The van der Waals surface area contributed by atoms with Crippen molar-refractivity contribution in [3.63, 3.8) is 0 Å². The van der Waals surface area contributed by atoms with Crippen molar-refractivity contribution in [3.8, 4) is 5.75 Å². The quantitative estimate of drug-likeness (QED) is 0.291. The number of hydrogen-bond acceptors (Lipinski definition) is 7. The average Bonchev–Trinajstić information content (AvgIpc) is 2.46. The number of benzene rings is 1. The minimum Gasteiger partial charge on any atom is -0.481 e. The van der Waals surface area contributed by atoms with Gasteiger partial charge >= 0.3 is 11.9 Å². The van der Waals surface area contributed by atoms with Gasteiger partial charge in [-0.1, -0.05) is 12.1 Å². The molecule has 0 aliphatic heterocycles. The molecule has 0 amide bonds. The Morgan fingerprint density at radius 3 is 2.50 bits per heavy atom. The number of nitrogens with two attached hydrogens (primary N) is 1. The highest BCUT2D eigenvalue weighted by Crippen LogP contribution is 2.14. The lowest BCUT2D eigenvalue weighted by atomic mass is 10.1. The normalized spacial score (nSPS) is 11.5. The Kier molecular flexibility index (Phi) is 6.77. The molecular formula is C13H16N2O7. The fourth-order valence-corrected chi connectivity index (χ4v) is 1.55. The van der Waals surface area contributed by atoms with Crippen molar-refractivity contribution in [2.45, 2.75) is 25.3 Å². The van der Waals surface area contributed by atoms with Crippen LogP contribution in [0, 0.1) is 10.1 Å². The SMILES string of the molecule is NC(CCC(=O)O)C(=O)Oc1ccc(CCO[N+](=O)[O-])cc1. The number of ether oxygens (including phenoxy) is 1. The number of carbonyl (C=O) groups excluding carboxylic acids is 1. The molecule has 3 N–H and O–H groups in total. The molecule has 0 aliphatic carbocycles. The number of aliphatic carboxylic acids is 1. The summed E-state index contributed by atoms with van der Waals surface area (Å²) in [6, 6.07) is 5.29. The minimum absolute atomic E-state index is 0.00944. The van der Waals surface area contributed by atoms with Gasteiger partial charge in [0.25, 0.3) is 5.09 Å². The molecule has 0 radical (unpaired) electrons. The Morgan fingerprint density at radius 1 is 1.32 bits per heavy atom. The first kappa shape index (κ1) is 17.4. The van der Waals surface area contributed by atoms with E-state index in [9.17, 15) is 19.7 Å². The molecule has 1 unspecified atom stereocenters. The molecular weight excluding hydrogens is 296 g/mol. The van der Waals surface area contributed by atoms with Crippen LogP contribution in [-0.4, -0.2) is 34.8 Å². The van der Waals surface area contributed by atoms with Crippen LogP contribution >= 0.6 is 0 Å². The third-order valence-corrected chi connectivity index (χ3v) is 2.70. The summed E-state index contributed by atoms with van der Waals surface area (Å²) >= 11 is 0. The van der Waals surface area contributed by atoms with Crippen LogP contribution in [0.4, 0.5) is 0 Å². The van der Waals surface area contributed by atoms with Crippen molar-refractivity contribution < 1.29 is 29.4 Å². The Hall–Kier alpha value is -2.68. The van der Waals surface area contributed by atoms with Crippen molar-refractivity contribution >= 4 is 11.9 Å². The highest BCUT2D eigenvalue weighted by molar-refractivity contribution is 5.78. The Bertz CT molecular complexity index is 530. The summed E-state index contributed by atoms with van der Waals surface area (Å²) in [6.07, 6.45) is 0.115. The maximum absolute atomic E-state index is 11.6. The summed E-state index contributed by atoms with van der Waals surface area (Å²) in [5.74, 6) is -1.50. The van der Waals surface area contributed by atoms with Gasteiger partial charge in [-0.05, 0) is 30.5 Å². The summed E-state index contributed by atoms with van der Waals surface area (Å²) < 4.78 is 5.01. The molecule has 22 heavy (non-hydrogen) atoms. The van der Waals surface area contributed by atoms with E-state index in [-0.39, 0.29) is 25.2 Å². The first-order chi connectivity index (χ1) is 10.4. The van der Waals surface area contributed by atoms with Crippen LogP contribution in [0.3, 0.4) is 0 Å². The molecule has 0 aliphatic rings. The van der Waals surface area contributed by atoms with Crippen LogP contribution in [0.1, 0.15) is 18.4 Å². The second-order valence-corrected chi connectivity index (χ2v) is 4.41. The standard InChI is InChI=1S/C13H16N2O7/c14-11(5-6-12(16)17)13(18)22-10-3-1-9(2-4-10)7-8-21-15(19)20/h1-4,11H,5-8,14H2,(H,16,17). The second-order valence-electron chi connectivity index (χ2n) is 4.41. The number of nitrogens with zero attached hydrogens (tertiary/aromatic N) is 1. The minimum atomic E-state index is -1.04. The Balaban J connectivity index is 2.44. The van der Waals surface area contributed by atoms with Gasteiger partial charge in [0.2, 0.25) is 0 Å². The third-order valence-electron chi connectivity index (χ3n) is 2.70. The smallest absolute Gasteiger partial charge is 0.328 e. The van der Waals surface area contributed by atoms with E-state index in [1.807, 2.05) is 0 Å². The van der Waals surface area contributed by atoms with E-state index in [4.69, 9.17) is 15.6 Å². The van der Waals surface area contributed by atoms with Gasteiger partial charge in [-0.3, -0.25) is 4.79 Å². The fraction of sp³-hybridized carbons (Fsp3) is 0.385. The summed E-state index contributed by atoms with van der Waals surface area (Å²) in [5, 5.41) is 17.6. The maximum Gasteiger partial charge on any atom is 0.328 e. The molecule has 1 aromatic carbocycles. The van der Waals surface area contributed by atoms with Gasteiger partial charge in [-0.25, -0.2) is 4.79 Å². The van der Waals surface area contributed by atoms with Crippen molar-refractivity contribution in [3.05, 3.63) is 39.9 Å². The largest absolute Gasteiger partial charge is 0.481 e. The van der Waals surface area contributed by atoms with E-state index in [2.05, 4.69) is 4.84 Å². The molecule has 9 nitrogen and oxygen atoms in total. The zero-order chi connectivity index (χ0) is 16.5. The molecule has 0 saturated heterocycles. The number of carboxylic acids is 1. The topological polar surface area (TPSA) is 142 Å². The van der Waals surface area contributed by atoms with Crippen LogP contribution in [0.5, 0.6) is 5.75 Å². The van der Waals surface area contributed by atoms with Gasteiger partial charge in [0, 0.05) is 6.42 Å². The van der Waals surface area contributed by atoms with Crippen molar-refractivity contribution in [1.82, 2.24) is 0 Å². The Morgan fingerprint density at radius 2 is 1.95 bits per heavy atom. The molecule has 0 bridgehead atoms. The molecule has 1 rings (SSSR count). The summed E-state index contributed by atoms with van der Waals surface area (Å²) in [5.41, 5.74) is 6.29.